The van der Waals surface area contributed by atoms with Gasteiger partial charge in [0.05, 0.1) is 14.2 Å². The summed E-state index contributed by atoms with van der Waals surface area (Å²) >= 11 is 0. The monoisotopic (exact) mass is 362 g/mol. The number of hydrogen-bond acceptors (Lipinski definition) is 2. The summed E-state index contributed by atoms with van der Waals surface area (Å²) in [4.78, 5) is 0. The molecule has 0 atom stereocenters. The molecule has 0 aromatic heterocycles. The molecule has 0 unspecified atom stereocenters. The summed E-state index contributed by atoms with van der Waals surface area (Å²) in [6.45, 7) is 2.31. The molecule has 2 nitrogen and oxygen atoms in total. The van der Waals surface area contributed by atoms with Gasteiger partial charge >= 0.3 is 0 Å². The summed E-state index contributed by atoms with van der Waals surface area (Å²) in [7, 11) is 3.04. The fourth-order valence-electron chi connectivity index (χ4n) is 5.41. The van der Waals surface area contributed by atoms with E-state index in [0.29, 0.717) is 17.4 Å². The highest BCUT2D eigenvalue weighted by atomic mass is 19.1. The van der Waals surface area contributed by atoms with Gasteiger partial charge in [0.2, 0.25) is 5.82 Å². The second kappa shape index (κ2) is 9.10. The molecule has 0 N–H and O–H groups in total. The average Bonchev–Trinajstić information content (AvgIpc) is 2.69. The van der Waals surface area contributed by atoms with Gasteiger partial charge in [-0.05, 0) is 79.9 Å². The molecule has 1 aromatic carbocycles. The molecule has 0 bridgehead atoms. The Bertz CT molecular complexity index is 545. The topological polar surface area (TPSA) is 18.5 Å². The molecule has 0 aliphatic heterocycles. The highest BCUT2D eigenvalue weighted by Gasteiger charge is 2.31. The Morgan fingerprint density at radius 1 is 0.846 bits per heavy atom. The van der Waals surface area contributed by atoms with Crippen molar-refractivity contribution in [3.63, 3.8) is 0 Å². The van der Waals surface area contributed by atoms with Crippen LogP contribution >= 0.6 is 0 Å². The van der Waals surface area contributed by atoms with Crippen LogP contribution in [-0.2, 0) is 0 Å². The summed E-state index contributed by atoms with van der Waals surface area (Å²) in [5, 5.41) is 0. The number of rotatable bonds is 6. The van der Waals surface area contributed by atoms with Crippen LogP contribution in [-0.4, -0.2) is 14.2 Å². The van der Waals surface area contributed by atoms with Crippen LogP contribution in [0.5, 0.6) is 11.5 Å². The Balaban J connectivity index is 1.57. The normalized spacial score (nSPS) is 29.4. The minimum absolute atomic E-state index is 0.302. The van der Waals surface area contributed by atoms with Gasteiger partial charge in [-0.3, -0.25) is 0 Å². The van der Waals surface area contributed by atoms with E-state index in [1.54, 1.807) is 0 Å². The fraction of sp³-hybridized carbons (Fsp3) is 0.739. The van der Waals surface area contributed by atoms with Crippen molar-refractivity contribution in [2.24, 2.45) is 17.8 Å². The number of halogens is 1. The van der Waals surface area contributed by atoms with E-state index in [1.807, 2.05) is 12.1 Å². The number of ether oxygens (including phenoxy) is 2. The summed E-state index contributed by atoms with van der Waals surface area (Å²) in [6, 6.07) is 3.75. The lowest BCUT2D eigenvalue weighted by atomic mass is 9.68. The van der Waals surface area contributed by atoms with Crippen molar-refractivity contribution in [3.8, 4) is 11.5 Å². The molecule has 0 radical (unpaired) electrons. The fourth-order valence-corrected chi connectivity index (χ4v) is 5.41. The minimum atomic E-state index is -0.392. The van der Waals surface area contributed by atoms with Gasteiger partial charge in [0, 0.05) is 0 Å². The lowest BCUT2D eigenvalue weighted by Crippen LogP contribution is -2.25. The molecule has 146 valence electrons. The van der Waals surface area contributed by atoms with Gasteiger partial charge in [-0.15, -0.1) is 0 Å². The molecular weight excluding hydrogens is 327 g/mol. The Morgan fingerprint density at radius 3 is 1.81 bits per heavy atom. The zero-order chi connectivity index (χ0) is 18.5. The van der Waals surface area contributed by atoms with Crippen LogP contribution in [0.1, 0.15) is 82.6 Å². The molecule has 0 heterocycles. The van der Waals surface area contributed by atoms with E-state index >= 15 is 0 Å². The summed E-state index contributed by atoms with van der Waals surface area (Å²) in [6.07, 6.45) is 13.6. The zero-order valence-corrected chi connectivity index (χ0v) is 16.7. The summed E-state index contributed by atoms with van der Waals surface area (Å²) < 4.78 is 24.6. The molecule has 0 spiro atoms. The maximum absolute atomic E-state index is 14.2. The molecule has 2 aliphatic carbocycles. The number of methoxy groups -OCH3 is 2. The second-order valence-electron chi connectivity index (χ2n) is 8.42. The van der Waals surface area contributed by atoms with Crippen LogP contribution < -0.4 is 9.47 Å². The van der Waals surface area contributed by atoms with Gasteiger partial charge in [-0.25, -0.2) is 0 Å². The first-order chi connectivity index (χ1) is 12.7. The van der Waals surface area contributed by atoms with Crippen LogP contribution in [0.25, 0.3) is 0 Å². The van der Waals surface area contributed by atoms with E-state index < -0.39 is 5.82 Å². The molecule has 2 aliphatic rings. The summed E-state index contributed by atoms with van der Waals surface area (Å²) in [5.41, 5.74) is 1.17. The Kier molecular flexibility index (Phi) is 6.83. The first-order valence-corrected chi connectivity index (χ1v) is 10.6. The van der Waals surface area contributed by atoms with E-state index in [9.17, 15) is 4.39 Å². The van der Waals surface area contributed by atoms with Crippen LogP contribution in [0.3, 0.4) is 0 Å². The van der Waals surface area contributed by atoms with Gasteiger partial charge in [-0.1, -0.05) is 32.6 Å². The maximum Gasteiger partial charge on any atom is 0.206 e. The van der Waals surface area contributed by atoms with Crippen LogP contribution in [0.15, 0.2) is 12.1 Å². The van der Waals surface area contributed by atoms with E-state index in [2.05, 4.69) is 6.92 Å². The van der Waals surface area contributed by atoms with Gasteiger partial charge in [0.15, 0.2) is 11.5 Å². The second-order valence-corrected chi connectivity index (χ2v) is 8.42. The third-order valence-electron chi connectivity index (χ3n) is 6.97. The first kappa shape index (κ1) is 19.5. The van der Waals surface area contributed by atoms with Crippen molar-refractivity contribution in [1.29, 1.82) is 0 Å². The predicted octanol–water partition coefficient (Wildman–Crippen LogP) is 6.72. The lowest BCUT2D eigenvalue weighted by molar-refractivity contribution is 0.156. The standard InChI is InChI=1S/C23H35FO2/c1-4-5-16-6-8-17(9-7-16)18-10-12-19(13-11-18)20-14-21(25-2)23(24)22(15-20)26-3/h14-19H,4-13H2,1-3H3/t16-,17-,18?,19?. The molecule has 0 saturated heterocycles. The van der Waals surface area contributed by atoms with Gasteiger partial charge in [-0.2, -0.15) is 4.39 Å². The number of benzene rings is 1. The highest BCUT2D eigenvalue weighted by molar-refractivity contribution is 5.42. The van der Waals surface area contributed by atoms with Crippen molar-refractivity contribution < 1.29 is 13.9 Å². The number of hydrogen-bond donors (Lipinski definition) is 0. The summed E-state index contributed by atoms with van der Waals surface area (Å²) in [5.74, 6) is 3.56. The van der Waals surface area contributed by atoms with E-state index in [4.69, 9.17) is 9.47 Å². The van der Waals surface area contributed by atoms with Crippen molar-refractivity contribution in [3.05, 3.63) is 23.5 Å². The SMILES string of the molecule is CCC[C@H]1CC[C@H](C2CCC(c3cc(OC)c(F)c(OC)c3)CC2)CC1. The van der Waals surface area contributed by atoms with Crippen molar-refractivity contribution in [2.75, 3.05) is 14.2 Å². The highest BCUT2D eigenvalue weighted by Crippen LogP contribution is 2.45. The van der Waals surface area contributed by atoms with Crippen LogP contribution in [0, 0.1) is 23.6 Å². The molecule has 0 amide bonds. The van der Waals surface area contributed by atoms with Crippen LogP contribution in [0.2, 0.25) is 0 Å². The molecular formula is C23H35FO2. The largest absolute Gasteiger partial charge is 0.494 e. The predicted molar refractivity (Wildman–Crippen MR) is 105 cm³/mol. The third-order valence-corrected chi connectivity index (χ3v) is 6.97. The van der Waals surface area contributed by atoms with Crippen molar-refractivity contribution >= 4 is 0 Å². The van der Waals surface area contributed by atoms with Crippen molar-refractivity contribution in [2.45, 2.75) is 77.0 Å². The van der Waals surface area contributed by atoms with E-state index in [-0.39, 0.29) is 0 Å². The quantitative estimate of drug-likeness (QED) is 0.559. The molecule has 2 fully saturated rings. The smallest absolute Gasteiger partial charge is 0.206 e. The molecule has 2 saturated carbocycles. The van der Waals surface area contributed by atoms with Crippen LogP contribution in [0.4, 0.5) is 4.39 Å². The Morgan fingerprint density at radius 2 is 1.35 bits per heavy atom. The lowest BCUT2D eigenvalue weighted by Gasteiger charge is -2.38. The Labute approximate surface area is 158 Å². The average molecular weight is 363 g/mol. The Hall–Kier alpha value is -1.25. The van der Waals surface area contributed by atoms with E-state index in [1.165, 1.54) is 84.0 Å². The third kappa shape index (κ3) is 4.35. The van der Waals surface area contributed by atoms with E-state index in [0.717, 1.165) is 17.8 Å². The minimum Gasteiger partial charge on any atom is -0.494 e. The first-order valence-electron chi connectivity index (χ1n) is 10.6. The zero-order valence-electron chi connectivity index (χ0n) is 16.7. The van der Waals surface area contributed by atoms with Gasteiger partial charge in [0.25, 0.3) is 0 Å². The molecule has 3 rings (SSSR count). The van der Waals surface area contributed by atoms with Gasteiger partial charge in [0.1, 0.15) is 0 Å². The molecule has 1 aromatic rings. The maximum atomic E-state index is 14.2. The molecule has 3 heteroatoms. The molecule has 26 heavy (non-hydrogen) atoms. The van der Waals surface area contributed by atoms with Crippen molar-refractivity contribution in [1.82, 2.24) is 0 Å². The van der Waals surface area contributed by atoms with Gasteiger partial charge < -0.3 is 9.47 Å².